The van der Waals surface area contributed by atoms with E-state index in [1.165, 1.54) is 6.20 Å². The first-order chi connectivity index (χ1) is 8.74. The number of para-hydroxylation sites is 1. The van der Waals surface area contributed by atoms with Crippen LogP contribution in [0.4, 0.5) is 0 Å². The molecule has 1 heterocycles. The third kappa shape index (κ3) is 2.99. The van der Waals surface area contributed by atoms with Crippen LogP contribution in [0.5, 0.6) is 0 Å². The van der Waals surface area contributed by atoms with Crippen molar-refractivity contribution in [2.24, 2.45) is 0 Å². The van der Waals surface area contributed by atoms with Crippen LogP contribution in [0.15, 0.2) is 30.5 Å². The molecule has 0 aliphatic carbocycles. The molecule has 0 aliphatic heterocycles. The fourth-order valence-corrected chi connectivity index (χ4v) is 1.74. The third-order valence-corrected chi connectivity index (χ3v) is 2.61. The first-order valence-electron chi connectivity index (χ1n) is 5.94. The Morgan fingerprint density at radius 1 is 1.33 bits per heavy atom. The molecule has 4 heteroatoms. The van der Waals surface area contributed by atoms with Crippen molar-refractivity contribution in [3.63, 3.8) is 0 Å². The van der Waals surface area contributed by atoms with E-state index in [1.807, 2.05) is 38.1 Å². The maximum absolute atomic E-state index is 11.6. The summed E-state index contributed by atoms with van der Waals surface area (Å²) >= 11 is 6.13. The number of carbonyl (C=O) groups excluding carboxylic acids is 1. The van der Waals surface area contributed by atoms with Crippen LogP contribution < -0.4 is 0 Å². The van der Waals surface area contributed by atoms with Gasteiger partial charge in [-0.05, 0) is 13.0 Å². The summed E-state index contributed by atoms with van der Waals surface area (Å²) in [5, 5.41) is 1.15. The lowest BCUT2D eigenvalue weighted by Gasteiger charge is -2.05. The number of esters is 1. The molecule has 0 spiro atoms. The molecule has 0 bridgehead atoms. The van der Waals surface area contributed by atoms with Gasteiger partial charge in [-0.2, -0.15) is 0 Å². The van der Waals surface area contributed by atoms with Crippen LogP contribution >= 0.6 is 11.6 Å². The van der Waals surface area contributed by atoms with Gasteiger partial charge < -0.3 is 4.74 Å². The van der Waals surface area contributed by atoms with Crippen molar-refractivity contribution in [1.29, 1.82) is 0 Å². The molecule has 2 aromatic rings. The molecular formula is C14H16ClNO2. The molecule has 18 heavy (non-hydrogen) atoms. The summed E-state index contributed by atoms with van der Waals surface area (Å²) < 4.78 is 4.89. The van der Waals surface area contributed by atoms with Crippen molar-refractivity contribution >= 4 is 28.5 Å². The number of carbonyl (C=O) groups is 1. The highest BCUT2D eigenvalue weighted by molar-refractivity contribution is 6.38. The Labute approximate surface area is 112 Å². The van der Waals surface area contributed by atoms with Gasteiger partial charge in [0.15, 0.2) is 0 Å². The molecule has 0 atom stereocenters. The Kier molecular flexibility index (Phi) is 5.59. The monoisotopic (exact) mass is 265 g/mol. The maximum atomic E-state index is 11.6. The number of halogens is 1. The van der Waals surface area contributed by atoms with E-state index in [1.54, 1.807) is 6.92 Å². The van der Waals surface area contributed by atoms with Crippen molar-refractivity contribution < 1.29 is 9.53 Å². The van der Waals surface area contributed by atoms with Crippen LogP contribution in [-0.4, -0.2) is 17.6 Å². The Bertz CT molecular complexity index is 540. The van der Waals surface area contributed by atoms with Gasteiger partial charge in [0.25, 0.3) is 0 Å². The quantitative estimate of drug-likeness (QED) is 0.768. The third-order valence-electron chi connectivity index (χ3n) is 2.21. The van der Waals surface area contributed by atoms with E-state index in [-0.39, 0.29) is 0 Å². The highest BCUT2D eigenvalue weighted by Crippen LogP contribution is 2.25. The number of fused-ring (bicyclic) bond motifs is 1. The summed E-state index contributed by atoms with van der Waals surface area (Å²) in [6, 6.07) is 7.39. The van der Waals surface area contributed by atoms with Crippen LogP contribution in [0.1, 0.15) is 31.1 Å². The molecule has 0 saturated heterocycles. The SMILES string of the molecule is CC.CCOC(=O)c1cnc2ccccc2c1Cl. The number of rotatable bonds is 2. The minimum absolute atomic E-state index is 0.308. The van der Waals surface area contributed by atoms with Gasteiger partial charge in [-0.1, -0.05) is 43.6 Å². The lowest BCUT2D eigenvalue weighted by molar-refractivity contribution is 0.0526. The first kappa shape index (κ1) is 14.5. The molecule has 0 amide bonds. The van der Waals surface area contributed by atoms with Crippen LogP contribution in [0, 0.1) is 0 Å². The van der Waals surface area contributed by atoms with Gasteiger partial charge in [0.05, 0.1) is 22.7 Å². The summed E-state index contributed by atoms with van der Waals surface area (Å²) in [5.74, 6) is -0.439. The van der Waals surface area contributed by atoms with Gasteiger partial charge in [-0.15, -0.1) is 0 Å². The fourth-order valence-electron chi connectivity index (χ4n) is 1.46. The van der Waals surface area contributed by atoms with Crippen molar-refractivity contribution in [2.45, 2.75) is 20.8 Å². The van der Waals surface area contributed by atoms with Gasteiger partial charge in [-0.3, -0.25) is 4.98 Å². The summed E-state index contributed by atoms with van der Waals surface area (Å²) in [7, 11) is 0. The second-order valence-electron chi connectivity index (χ2n) is 3.22. The second kappa shape index (κ2) is 6.97. The number of benzene rings is 1. The van der Waals surface area contributed by atoms with Gasteiger partial charge in [-0.25, -0.2) is 4.79 Å². The van der Waals surface area contributed by atoms with E-state index < -0.39 is 5.97 Å². The minimum Gasteiger partial charge on any atom is -0.462 e. The molecule has 96 valence electrons. The summed E-state index contributed by atoms with van der Waals surface area (Å²) in [5.41, 5.74) is 1.07. The smallest absolute Gasteiger partial charge is 0.341 e. The van der Waals surface area contributed by atoms with Crippen molar-refractivity contribution in [2.75, 3.05) is 6.61 Å². The van der Waals surface area contributed by atoms with Crippen molar-refractivity contribution in [1.82, 2.24) is 4.98 Å². The number of aromatic nitrogens is 1. The zero-order valence-electron chi connectivity index (χ0n) is 10.7. The van der Waals surface area contributed by atoms with E-state index in [4.69, 9.17) is 16.3 Å². The molecule has 0 fully saturated rings. The van der Waals surface area contributed by atoms with Crippen LogP contribution in [0.3, 0.4) is 0 Å². The Morgan fingerprint density at radius 3 is 2.67 bits per heavy atom. The summed E-state index contributed by atoms with van der Waals surface area (Å²) in [6.45, 7) is 6.07. The highest BCUT2D eigenvalue weighted by atomic mass is 35.5. The molecule has 0 saturated carbocycles. The fraction of sp³-hybridized carbons (Fsp3) is 0.286. The van der Waals surface area contributed by atoms with Crippen molar-refractivity contribution in [3.8, 4) is 0 Å². The number of hydrogen-bond donors (Lipinski definition) is 0. The maximum Gasteiger partial charge on any atom is 0.341 e. The van der Waals surface area contributed by atoms with Crippen molar-refractivity contribution in [3.05, 3.63) is 41.0 Å². The van der Waals surface area contributed by atoms with Gasteiger partial charge >= 0.3 is 5.97 Å². The zero-order chi connectivity index (χ0) is 13.5. The van der Waals surface area contributed by atoms with Gasteiger partial charge in [0.1, 0.15) is 0 Å². The molecule has 0 aliphatic rings. The lowest BCUT2D eigenvalue weighted by atomic mass is 10.1. The largest absolute Gasteiger partial charge is 0.462 e. The average molecular weight is 266 g/mol. The van der Waals surface area contributed by atoms with Crippen LogP contribution in [-0.2, 0) is 4.74 Å². The van der Waals surface area contributed by atoms with Gasteiger partial charge in [0.2, 0.25) is 0 Å². The predicted octanol–water partition coefficient (Wildman–Crippen LogP) is 4.09. The standard InChI is InChI=1S/C12H10ClNO2.C2H6/c1-2-16-12(15)9-7-14-10-6-4-3-5-8(10)11(9)13;1-2/h3-7H,2H2,1H3;1-2H3. The Morgan fingerprint density at radius 2 is 2.00 bits per heavy atom. The lowest BCUT2D eigenvalue weighted by Crippen LogP contribution is -2.06. The van der Waals surface area contributed by atoms with E-state index in [2.05, 4.69) is 4.98 Å². The topological polar surface area (TPSA) is 39.2 Å². The number of hydrogen-bond acceptors (Lipinski definition) is 3. The molecule has 3 nitrogen and oxygen atoms in total. The molecule has 2 rings (SSSR count). The molecule has 0 unspecified atom stereocenters. The highest BCUT2D eigenvalue weighted by Gasteiger charge is 2.14. The predicted molar refractivity (Wildman–Crippen MR) is 74.1 cm³/mol. The number of ether oxygens (including phenoxy) is 1. The van der Waals surface area contributed by atoms with Crippen LogP contribution in [0.2, 0.25) is 5.02 Å². The summed E-state index contributed by atoms with van der Waals surface area (Å²) in [6.07, 6.45) is 1.45. The van der Waals surface area contributed by atoms with E-state index >= 15 is 0 Å². The molecule has 1 aromatic heterocycles. The van der Waals surface area contributed by atoms with E-state index in [0.717, 1.165) is 10.9 Å². The number of pyridine rings is 1. The normalized spacial score (nSPS) is 9.56. The first-order valence-corrected chi connectivity index (χ1v) is 6.32. The van der Waals surface area contributed by atoms with E-state index in [9.17, 15) is 4.79 Å². The molecule has 1 aromatic carbocycles. The Hall–Kier alpha value is -1.61. The van der Waals surface area contributed by atoms with Crippen LogP contribution in [0.25, 0.3) is 10.9 Å². The van der Waals surface area contributed by atoms with E-state index in [0.29, 0.717) is 17.2 Å². The second-order valence-corrected chi connectivity index (χ2v) is 3.60. The number of nitrogens with zero attached hydrogens (tertiary/aromatic N) is 1. The minimum atomic E-state index is -0.439. The molecular weight excluding hydrogens is 250 g/mol. The molecule has 0 N–H and O–H groups in total. The molecule has 0 radical (unpaired) electrons. The average Bonchev–Trinajstić information content (AvgIpc) is 2.42. The summed E-state index contributed by atoms with van der Waals surface area (Å²) in [4.78, 5) is 15.7. The zero-order valence-corrected chi connectivity index (χ0v) is 11.5. The van der Waals surface area contributed by atoms with Gasteiger partial charge in [0, 0.05) is 11.6 Å². The Balaban J connectivity index is 0.000000771.